The molecule has 1 atom stereocenters. The lowest BCUT2D eigenvalue weighted by Crippen LogP contribution is -2.27. The molecule has 35 heavy (non-hydrogen) atoms. The number of phenolic OH excluding ortho intramolecular Hbond substituents is 1. The third kappa shape index (κ3) is 5.46. The van der Waals surface area contributed by atoms with Gasteiger partial charge in [-0.05, 0) is 70.3 Å². The molecule has 1 amide bonds. The second-order valence-corrected chi connectivity index (χ2v) is 11.6. The van der Waals surface area contributed by atoms with Crippen molar-refractivity contribution in [2.75, 3.05) is 5.32 Å². The smallest absolute Gasteiger partial charge is 0.312 e. The molecule has 9 heteroatoms. The lowest BCUT2D eigenvalue weighted by atomic mass is 9.72. The summed E-state index contributed by atoms with van der Waals surface area (Å²) < 4.78 is 0.202. The Balaban J connectivity index is 1.74. The van der Waals surface area contributed by atoms with Gasteiger partial charge >= 0.3 is 5.69 Å². The van der Waals surface area contributed by atoms with Crippen LogP contribution in [0.3, 0.4) is 0 Å². The van der Waals surface area contributed by atoms with Gasteiger partial charge in [-0.3, -0.25) is 14.9 Å². The molecule has 2 aromatic carbocycles. The number of fused-ring (bicyclic) bond motifs is 1. The Labute approximate surface area is 216 Å². The molecule has 7 nitrogen and oxygen atoms in total. The van der Waals surface area contributed by atoms with E-state index in [-0.39, 0.29) is 15.8 Å². The van der Waals surface area contributed by atoms with Crippen LogP contribution in [0.25, 0.3) is 0 Å². The van der Waals surface area contributed by atoms with Crippen molar-refractivity contribution in [3.8, 4) is 5.75 Å². The number of benzene rings is 2. The van der Waals surface area contributed by atoms with Crippen LogP contribution in [0.4, 0.5) is 16.4 Å². The van der Waals surface area contributed by atoms with E-state index in [2.05, 4.69) is 47.0 Å². The van der Waals surface area contributed by atoms with Crippen LogP contribution in [0.2, 0.25) is 0 Å². The number of nitrogens with one attached hydrogen (secondary N) is 1. The van der Waals surface area contributed by atoms with E-state index in [0.717, 1.165) is 24.8 Å². The quantitative estimate of drug-likeness (QED) is 0.196. The number of phenols is 1. The molecule has 1 aromatic heterocycles. The van der Waals surface area contributed by atoms with Gasteiger partial charge in [0, 0.05) is 28.4 Å². The van der Waals surface area contributed by atoms with Gasteiger partial charge in [0.2, 0.25) is 5.75 Å². The third-order valence-electron chi connectivity index (χ3n) is 6.32. The first-order valence-corrected chi connectivity index (χ1v) is 12.9. The van der Waals surface area contributed by atoms with Crippen LogP contribution in [0.1, 0.15) is 53.6 Å². The van der Waals surface area contributed by atoms with Gasteiger partial charge in [0.1, 0.15) is 5.00 Å². The van der Waals surface area contributed by atoms with E-state index < -0.39 is 16.4 Å². The normalized spacial score (nSPS) is 15.7. The fraction of sp³-hybridized carbons (Fsp3) is 0.308. The molecule has 0 saturated carbocycles. The van der Waals surface area contributed by atoms with Crippen LogP contribution in [-0.2, 0) is 12.8 Å². The summed E-state index contributed by atoms with van der Waals surface area (Å²) in [5, 5.41) is 24.8. The fourth-order valence-corrected chi connectivity index (χ4v) is 6.04. The van der Waals surface area contributed by atoms with E-state index in [0.29, 0.717) is 27.7 Å². The van der Waals surface area contributed by atoms with Crippen molar-refractivity contribution in [2.24, 2.45) is 16.3 Å². The molecular formula is C26H26BrN3O4S. The standard InChI is InChI=1S/C26H26BrN3O4S/c1-26(2,3)16-9-10-18-21(13-16)35-25(22(18)24(32)29-17-7-5-4-6-8-17)28-14-15-11-19(27)23(31)20(12-15)30(33)34/h4-8,11-12,14,16,31H,9-10,13H2,1-3H3,(H,29,32)/t16-/m0/s1. The second-order valence-electron chi connectivity index (χ2n) is 9.70. The van der Waals surface area contributed by atoms with Crippen LogP contribution in [0, 0.1) is 21.4 Å². The predicted molar refractivity (Wildman–Crippen MR) is 143 cm³/mol. The molecule has 1 aliphatic carbocycles. The van der Waals surface area contributed by atoms with Gasteiger partial charge in [0.25, 0.3) is 5.91 Å². The maximum absolute atomic E-state index is 13.4. The molecule has 1 heterocycles. The zero-order chi connectivity index (χ0) is 25.3. The maximum Gasteiger partial charge on any atom is 0.312 e. The van der Waals surface area contributed by atoms with Crippen LogP contribution < -0.4 is 5.32 Å². The largest absolute Gasteiger partial charge is 0.501 e. The highest BCUT2D eigenvalue weighted by Gasteiger charge is 2.33. The molecule has 4 rings (SSSR count). The van der Waals surface area contributed by atoms with Gasteiger partial charge in [-0.15, -0.1) is 11.3 Å². The number of hydrogen-bond acceptors (Lipinski definition) is 6. The number of carbonyl (C=O) groups is 1. The lowest BCUT2D eigenvalue weighted by Gasteiger charge is -2.33. The monoisotopic (exact) mass is 555 g/mol. The Morgan fingerprint density at radius 2 is 2.00 bits per heavy atom. The molecule has 0 radical (unpaired) electrons. The molecule has 1 aliphatic rings. The molecule has 0 fully saturated rings. The van der Waals surface area contributed by atoms with Crippen molar-refractivity contribution < 1.29 is 14.8 Å². The van der Waals surface area contributed by atoms with E-state index in [9.17, 15) is 20.0 Å². The molecular weight excluding hydrogens is 530 g/mol. The van der Waals surface area contributed by atoms with E-state index in [4.69, 9.17) is 0 Å². The fourth-order valence-electron chi connectivity index (χ4n) is 4.30. The van der Waals surface area contributed by atoms with Gasteiger partial charge in [0.05, 0.1) is 15.0 Å². The number of para-hydroxylation sites is 1. The topological polar surface area (TPSA) is 105 Å². The minimum atomic E-state index is -0.646. The summed E-state index contributed by atoms with van der Waals surface area (Å²) in [5.41, 5.74) is 2.48. The number of thiophene rings is 1. The SMILES string of the molecule is CC(C)(C)[C@H]1CCc2c(sc(N=Cc3cc(Br)c(O)c([N+](=O)[O-])c3)c2C(=O)Nc2ccccc2)C1. The number of halogens is 1. The number of nitrogens with zero attached hydrogens (tertiary/aromatic N) is 2. The zero-order valence-corrected chi connectivity index (χ0v) is 22.1. The van der Waals surface area contributed by atoms with Crippen LogP contribution in [0.15, 0.2) is 51.9 Å². The van der Waals surface area contributed by atoms with Crippen LogP contribution >= 0.6 is 27.3 Å². The Kier molecular flexibility index (Phi) is 7.10. The predicted octanol–water partition coefficient (Wildman–Crippen LogP) is 7.28. The Morgan fingerprint density at radius 3 is 2.66 bits per heavy atom. The number of nitro groups is 1. The van der Waals surface area contributed by atoms with E-state index in [1.807, 2.05) is 30.3 Å². The number of hydrogen-bond donors (Lipinski definition) is 2. The average Bonchev–Trinajstić information content (AvgIpc) is 3.17. The molecule has 0 spiro atoms. The van der Waals surface area contributed by atoms with E-state index in [1.165, 1.54) is 28.5 Å². The molecule has 0 aliphatic heterocycles. The van der Waals surface area contributed by atoms with Gasteiger partial charge in [-0.2, -0.15) is 0 Å². The summed E-state index contributed by atoms with van der Waals surface area (Å²) in [5.74, 6) is -0.144. The number of carbonyl (C=O) groups excluding carboxylic acids is 1. The van der Waals surface area contributed by atoms with Crippen LogP contribution in [-0.4, -0.2) is 22.2 Å². The minimum absolute atomic E-state index is 0.162. The Bertz CT molecular complexity index is 1310. The van der Waals surface area contributed by atoms with Gasteiger partial charge in [-0.1, -0.05) is 39.0 Å². The Hall–Kier alpha value is -3.04. The van der Waals surface area contributed by atoms with Crippen molar-refractivity contribution >= 4 is 55.8 Å². The minimum Gasteiger partial charge on any atom is -0.501 e. The van der Waals surface area contributed by atoms with Crippen molar-refractivity contribution in [3.05, 3.63) is 78.6 Å². The van der Waals surface area contributed by atoms with Gasteiger partial charge in [0.15, 0.2) is 0 Å². The summed E-state index contributed by atoms with van der Waals surface area (Å²) in [7, 11) is 0. The molecule has 0 bridgehead atoms. The number of anilines is 1. The zero-order valence-electron chi connectivity index (χ0n) is 19.7. The molecule has 0 saturated heterocycles. The Morgan fingerprint density at radius 1 is 1.29 bits per heavy atom. The number of aliphatic imine (C=N–C) groups is 1. The summed E-state index contributed by atoms with van der Waals surface area (Å²) in [4.78, 5) is 29.8. The number of rotatable bonds is 5. The molecule has 182 valence electrons. The highest BCUT2D eigenvalue weighted by atomic mass is 79.9. The first-order chi connectivity index (χ1) is 16.5. The summed E-state index contributed by atoms with van der Waals surface area (Å²) in [6, 6.07) is 12.1. The van der Waals surface area contributed by atoms with Gasteiger partial charge in [-0.25, -0.2) is 4.99 Å². The van der Waals surface area contributed by atoms with Crippen molar-refractivity contribution in [2.45, 2.75) is 40.0 Å². The highest BCUT2D eigenvalue weighted by Crippen LogP contribution is 2.45. The second kappa shape index (κ2) is 9.91. The summed E-state index contributed by atoms with van der Waals surface area (Å²) in [6.45, 7) is 6.73. The first kappa shape index (κ1) is 25.1. The van der Waals surface area contributed by atoms with Crippen molar-refractivity contribution in [1.82, 2.24) is 0 Å². The highest BCUT2D eigenvalue weighted by molar-refractivity contribution is 9.10. The number of aromatic hydroxyl groups is 1. The summed E-state index contributed by atoms with van der Waals surface area (Å²) in [6.07, 6.45) is 4.19. The van der Waals surface area contributed by atoms with Crippen molar-refractivity contribution in [3.63, 3.8) is 0 Å². The van der Waals surface area contributed by atoms with Crippen LogP contribution in [0.5, 0.6) is 5.75 Å². The van der Waals surface area contributed by atoms with E-state index >= 15 is 0 Å². The van der Waals surface area contributed by atoms with E-state index in [1.54, 1.807) is 6.07 Å². The molecule has 2 N–H and O–H groups in total. The number of amides is 1. The van der Waals surface area contributed by atoms with Crippen molar-refractivity contribution in [1.29, 1.82) is 0 Å². The summed E-state index contributed by atoms with van der Waals surface area (Å²) >= 11 is 4.66. The lowest BCUT2D eigenvalue weighted by molar-refractivity contribution is -0.386. The third-order valence-corrected chi connectivity index (χ3v) is 8.09. The first-order valence-electron chi connectivity index (χ1n) is 11.3. The molecule has 0 unspecified atom stereocenters. The van der Waals surface area contributed by atoms with Gasteiger partial charge < -0.3 is 10.4 Å². The molecule has 3 aromatic rings. The number of nitro benzene ring substituents is 1. The maximum atomic E-state index is 13.4. The average molecular weight is 556 g/mol.